The van der Waals surface area contributed by atoms with Crippen molar-refractivity contribution in [1.29, 1.82) is 5.26 Å². The minimum atomic E-state index is -0.570. The number of ether oxygens (including phenoxy) is 1. The molecule has 1 unspecified atom stereocenters. The molecule has 0 saturated carbocycles. The quantitative estimate of drug-likeness (QED) is 0.843. The molecule has 0 saturated heterocycles. The van der Waals surface area contributed by atoms with Crippen LogP contribution in [0.4, 0.5) is 0 Å². The summed E-state index contributed by atoms with van der Waals surface area (Å²) in [5.41, 5.74) is 7.46. The minimum Gasteiger partial charge on any atom is -0.495 e. The van der Waals surface area contributed by atoms with E-state index in [0.29, 0.717) is 22.7 Å². The van der Waals surface area contributed by atoms with Crippen LogP contribution in [0.3, 0.4) is 0 Å². The Hall–Kier alpha value is -2.36. The third kappa shape index (κ3) is 2.29. The number of hydrogen-bond donors (Lipinski definition) is 2. The lowest BCUT2D eigenvalue weighted by Gasteiger charge is -2.16. The predicted molar refractivity (Wildman–Crippen MR) is 68.8 cm³/mol. The molecular weight excluding hydrogens is 244 g/mol. The van der Waals surface area contributed by atoms with Gasteiger partial charge in [0, 0.05) is 0 Å². The molecule has 6 nitrogen and oxygen atoms in total. The number of nitrogens with two attached hydrogens (primary N) is 1. The molecular formula is C13H14N4O2. The fourth-order valence-corrected chi connectivity index (χ4v) is 1.89. The monoisotopic (exact) mass is 258 g/mol. The standard InChI is InChI=1S/C13H14N4O2/c1-19-12-4-2-3-9(5-14)13(12)17-8-16-6-11(17)10(15)7-18/h2-4,6,8,10,18H,7,15H2,1H3. The summed E-state index contributed by atoms with van der Waals surface area (Å²) in [6.45, 7) is -0.206. The van der Waals surface area contributed by atoms with E-state index in [1.807, 2.05) is 0 Å². The number of methoxy groups -OCH3 is 1. The summed E-state index contributed by atoms with van der Waals surface area (Å²) in [4.78, 5) is 4.03. The number of rotatable bonds is 4. The Bertz CT molecular complexity index is 615. The summed E-state index contributed by atoms with van der Waals surface area (Å²) in [6, 6.07) is 6.72. The zero-order chi connectivity index (χ0) is 13.8. The molecule has 98 valence electrons. The van der Waals surface area contributed by atoms with E-state index in [1.165, 1.54) is 7.11 Å². The highest BCUT2D eigenvalue weighted by molar-refractivity contribution is 5.58. The molecule has 0 radical (unpaired) electrons. The SMILES string of the molecule is COc1cccc(C#N)c1-n1cncc1C(N)CO. The fourth-order valence-electron chi connectivity index (χ4n) is 1.89. The van der Waals surface area contributed by atoms with Gasteiger partial charge in [-0.3, -0.25) is 4.57 Å². The van der Waals surface area contributed by atoms with Crippen LogP contribution in [0.5, 0.6) is 5.75 Å². The van der Waals surface area contributed by atoms with E-state index in [4.69, 9.17) is 15.6 Å². The molecule has 1 atom stereocenters. The van der Waals surface area contributed by atoms with E-state index in [0.717, 1.165) is 0 Å². The average Bonchev–Trinajstić information content (AvgIpc) is 2.94. The molecule has 0 fully saturated rings. The fraction of sp³-hybridized carbons (Fsp3) is 0.231. The van der Waals surface area contributed by atoms with Crippen molar-refractivity contribution in [3.8, 4) is 17.5 Å². The van der Waals surface area contributed by atoms with Gasteiger partial charge >= 0.3 is 0 Å². The van der Waals surface area contributed by atoms with Crippen LogP contribution in [0.1, 0.15) is 17.3 Å². The first-order chi connectivity index (χ1) is 9.22. The largest absolute Gasteiger partial charge is 0.495 e. The first-order valence-electron chi connectivity index (χ1n) is 5.69. The van der Waals surface area contributed by atoms with Gasteiger partial charge in [0.25, 0.3) is 0 Å². The maximum absolute atomic E-state index is 9.20. The average molecular weight is 258 g/mol. The molecule has 2 rings (SSSR count). The molecule has 0 bridgehead atoms. The molecule has 6 heteroatoms. The molecule has 1 aromatic carbocycles. The molecule has 0 aliphatic rings. The van der Waals surface area contributed by atoms with E-state index < -0.39 is 6.04 Å². The van der Waals surface area contributed by atoms with Gasteiger partial charge in [-0.2, -0.15) is 5.26 Å². The number of benzene rings is 1. The van der Waals surface area contributed by atoms with Crippen LogP contribution in [0, 0.1) is 11.3 Å². The van der Waals surface area contributed by atoms with Gasteiger partial charge in [-0.1, -0.05) is 6.07 Å². The predicted octanol–water partition coefficient (Wildman–Crippen LogP) is 0.745. The molecule has 0 spiro atoms. The van der Waals surface area contributed by atoms with E-state index in [1.54, 1.807) is 35.3 Å². The molecule has 1 aromatic heterocycles. The van der Waals surface area contributed by atoms with Crippen molar-refractivity contribution < 1.29 is 9.84 Å². The summed E-state index contributed by atoms with van der Waals surface area (Å²) in [5, 5.41) is 18.4. The second-order valence-corrected chi connectivity index (χ2v) is 3.95. The van der Waals surface area contributed by atoms with Crippen LogP contribution in [0.15, 0.2) is 30.7 Å². The van der Waals surface area contributed by atoms with Gasteiger partial charge in [0.2, 0.25) is 0 Å². The number of hydrogen-bond acceptors (Lipinski definition) is 5. The van der Waals surface area contributed by atoms with E-state index >= 15 is 0 Å². The Morgan fingerprint density at radius 3 is 3.00 bits per heavy atom. The summed E-state index contributed by atoms with van der Waals surface area (Å²) in [7, 11) is 1.53. The van der Waals surface area contributed by atoms with Crippen LogP contribution in [0.25, 0.3) is 5.69 Å². The molecule has 0 aliphatic carbocycles. The second-order valence-electron chi connectivity index (χ2n) is 3.95. The van der Waals surface area contributed by atoms with Gasteiger partial charge in [-0.25, -0.2) is 4.98 Å². The number of aromatic nitrogens is 2. The Morgan fingerprint density at radius 2 is 2.37 bits per heavy atom. The minimum absolute atomic E-state index is 0.206. The van der Waals surface area contributed by atoms with Crippen LogP contribution in [-0.4, -0.2) is 28.4 Å². The number of nitriles is 1. The van der Waals surface area contributed by atoms with Gasteiger partial charge < -0.3 is 15.6 Å². The first-order valence-corrected chi connectivity index (χ1v) is 5.69. The molecule has 2 aromatic rings. The topological polar surface area (TPSA) is 97.1 Å². The maximum atomic E-state index is 9.20. The zero-order valence-corrected chi connectivity index (χ0v) is 10.4. The van der Waals surface area contributed by atoms with Crippen LogP contribution >= 0.6 is 0 Å². The lowest BCUT2D eigenvalue weighted by molar-refractivity contribution is 0.264. The van der Waals surface area contributed by atoms with Crippen molar-refractivity contribution in [2.75, 3.05) is 13.7 Å². The molecule has 3 N–H and O–H groups in total. The molecule has 0 amide bonds. The third-order valence-electron chi connectivity index (χ3n) is 2.82. The van der Waals surface area contributed by atoms with Gasteiger partial charge in [0.1, 0.15) is 17.5 Å². The highest BCUT2D eigenvalue weighted by Crippen LogP contribution is 2.28. The summed E-state index contributed by atoms with van der Waals surface area (Å²) >= 11 is 0. The first kappa shape index (κ1) is 13.1. The maximum Gasteiger partial charge on any atom is 0.144 e. The van der Waals surface area contributed by atoms with Crippen molar-refractivity contribution >= 4 is 0 Å². The van der Waals surface area contributed by atoms with Gasteiger partial charge in [0.05, 0.1) is 43.5 Å². The van der Waals surface area contributed by atoms with Crippen molar-refractivity contribution in [1.82, 2.24) is 9.55 Å². The van der Waals surface area contributed by atoms with Crippen molar-refractivity contribution in [2.45, 2.75) is 6.04 Å². The number of imidazole rings is 1. The van der Waals surface area contributed by atoms with E-state index in [2.05, 4.69) is 11.1 Å². The summed E-state index contributed by atoms with van der Waals surface area (Å²) in [5.74, 6) is 0.545. The Morgan fingerprint density at radius 1 is 1.58 bits per heavy atom. The van der Waals surface area contributed by atoms with Crippen LogP contribution in [-0.2, 0) is 0 Å². The lowest BCUT2D eigenvalue weighted by atomic mass is 10.1. The number of nitrogens with zero attached hydrogens (tertiary/aromatic N) is 3. The van der Waals surface area contributed by atoms with E-state index in [-0.39, 0.29) is 6.61 Å². The van der Waals surface area contributed by atoms with E-state index in [9.17, 15) is 5.26 Å². The Balaban J connectivity index is 2.66. The number of aliphatic hydroxyl groups excluding tert-OH is 1. The number of aliphatic hydroxyl groups is 1. The van der Waals surface area contributed by atoms with Gasteiger partial charge in [-0.05, 0) is 12.1 Å². The van der Waals surface area contributed by atoms with Crippen molar-refractivity contribution in [3.63, 3.8) is 0 Å². The Kier molecular flexibility index (Phi) is 3.80. The van der Waals surface area contributed by atoms with Crippen molar-refractivity contribution in [3.05, 3.63) is 42.0 Å². The smallest absolute Gasteiger partial charge is 0.144 e. The lowest BCUT2D eigenvalue weighted by Crippen LogP contribution is -2.18. The summed E-state index contributed by atoms with van der Waals surface area (Å²) < 4.78 is 6.94. The van der Waals surface area contributed by atoms with Crippen molar-refractivity contribution in [2.24, 2.45) is 5.73 Å². The summed E-state index contributed by atoms with van der Waals surface area (Å²) in [6.07, 6.45) is 3.11. The van der Waals surface area contributed by atoms with Gasteiger partial charge in [0.15, 0.2) is 0 Å². The van der Waals surface area contributed by atoms with Crippen LogP contribution < -0.4 is 10.5 Å². The Labute approximate surface area is 110 Å². The van der Waals surface area contributed by atoms with Gasteiger partial charge in [-0.15, -0.1) is 0 Å². The highest BCUT2D eigenvalue weighted by Gasteiger charge is 2.17. The number of para-hydroxylation sites is 1. The molecule has 19 heavy (non-hydrogen) atoms. The second kappa shape index (κ2) is 5.52. The normalized spacial score (nSPS) is 11.9. The third-order valence-corrected chi connectivity index (χ3v) is 2.82. The highest BCUT2D eigenvalue weighted by atomic mass is 16.5. The molecule has 1 heterocycles. The zero-order valence-electron chi connectivity index (χ0n) is 10.4. The molecule has 0 aliphatic heterocycles. The van der Waals surface area contributed by atoms with Crippen LogP contribution in [0.2, 0.25) is 0 Å².